The normalized spacial score (nSPS) is 19.6. The second kappa shape index (κ2) is 7.03. The standard InChI is InChI=1S/C17H19F3N2O3S/c1-2-13-11-21-16(25-13)15-5-3-4-10-22(15)26(23,24)14-8-6-12(7-9-14)17(18,19)20/h6-9,11,15H,2-5,10H2,1H3. The first-order valence-corrected chi connectivity index (χ1v) is 9.81. The van der Waals surface area contributed by atoms with E-state index in [9.17, 15) is 21.6 Å². The Morgan fingerprint density at radius 1 is 1.23 bits per heavy atom. The zero-order valence-electron chi connectivity index (χ0n) is 14.2. The van der Waals surface area contributed by atoms with Gasteiger partial charge in [0.15, 0.2) is 0 Å². The lowest BCUT2D eigenvalue weighted by atomic mass is 10.1. The summed E-state index contributed by atoms with van der Waals surface area (Å²) < 4.78 is 71.0. The summed E-state index contributed by atoms with van der Waals surface area (Å²) >= 11 is 0. The van der Waals surface area contributed by atoms with Crippen molar-refractivity contribution in [3.05, 3.63) is 47.7 Å². The van der Waals surface area contributed by atoms with Crippen LogP contribution in [0.25, 0.3) is 0 Å². The minimum atomic E-state index is -4.51. The highest BCUT2D eigenvalue weighted by Gasteiger charge is 2.37. The molecule has 1 saturated heterocycles. The Balaban J connectivity index is 1.93. The molecule has 1 aromatic carbocycles. The van der Waals surface area contributed by atoms with Crippen molar-refractivity contribution in [3.8, 4) is 0 Å². The number of aryl methyl sites for hydroxylation is 1. The van der Waals surface area contributed by atoms with Crippen LogP contribution >= 0.6 is 0 Å². The molecule has 1 unspecified atom stereocenters. The third kappa shape index (κ3) is 3.64. The average Bonchev–Trinajstić information content (AvgIpc) is 3.10. The van der Waals surface area contributed by atoms with Crippen molar-refractivity contribution in [2.24, 2.45) is 0 Å². The number of hydrogen-bond donors (Lipinski definition) is 0. The van der Waals surface area contributed by atoms with Gasteiger partial charge in [-0.2, -0.15) is 17.5 Å². The van der Waals surface area contributed by atoms with Crippen LogP contribution in [-0.4, -0.2) is 24.3 Å². The van der Waals surface area contributed by atoms with Crippen LogP contribution in [0.3, 0.4) is 0 Å². The summed E-state index contributed by atoms with van der Waals surface area (Å²) in [5, 5.41) is 0. The average molecular weight is 388 g/mol. The molecule has 0 spiro atoms. The van der Waals surface area contributed by atoms with Gasteiger partial charge >= 0.3 is 6.18 Å². The molecule has 0 N–H and O–H groups in total. The lowest BCUT2D eigenvalue weighted by Crippen LogP contribution is -2.38. The van der Waals surface area contributed by atoms with Gasteiger partial charge in [-0.3, -0.25) is 0 Å². The van der Waals surface area contributed by atoms with Gasteiger partial charge in [-0.05, 0) is 37.1 Å². The number of nitrogens with zero attached hydrogens (tertiary/aromatic N) is 2. The molecule has 1 aromatic heterocycles. The van der Waals surface area contributed by atoms with Crippen LogP contribution in [0.1, 0.15) is 49.4 Å². The predicted octanol–water partition coefficient (Wildman–Crippen LogP) is 4.17. The van der Waals surface area contributed by atoms with E-state index in [1.54, 1.807) is 6.20 Å². The van der Waals surface area contributed by atoms with Crippen LogP contribution in [-0.2, 0) is 22.6 Å². The van der Waals surface area contributed by atoms with Crippen LogP contribution in [0.2, 0.25) is 0 Å². The van der Waals surface area contributed by atoms with Crippen molar-refractivity contribution in [1.29, 1.82) is 0 Å². The fourth-order valence-electron chi connectivity index (χ4n) is 3.03. The number of alkyl halides is 3. The van der Waals surface area contributed by atoms with E-state index in [0.29, 0.717) is 30.9 Å². The van der Waals surface area contributed by atoms with Gasteiger partial charge in [-0.25, -0.2) is 13.4 Å². The molecule has 1 fully saturated rings. The molecule has 26 heavy (non-hydrogen) atoms. The van der Waals surface area contributed by atoms with Crippen molar-refractivity contribution in [2.75, 3.05) is 6.54 Å². The van der Waals surface area contributed by atoms with Crippen LogP contribution < -0.4 is 0 Å². The van der Waals surface area contributed by atoms with E-state index in [2.05, 4.69) is 4.98 Å². The van der Waals surface area contributed by atoms with Gasteiger partial charge in [0.1, 0.15) is 11.8 Å². The highest BCUT2D eigenvalue weighted by atomic mass is 32.2. The Morgan fingerprint density at radius 2 is 1.92 bits per heavy atom. The molecule has 0 radical (unpaired) electrons. The number of aromatic nitrogens is 1. The fraction of sp³-hybridized carbons (Fsp3) is 0.471. The van der Waals surface area contributed by atoms with E-state index in [0.717, 1.165) is 30.7 Å². The minimum absolute atomic E-state index is 0.167. The maximum absolute atomic E-state index is 13.0. The minimum Gasteiger partial charge on any atom is -0.444 e. The quantitative estimate of drug-likeness (QED) is 0.789. The number of halogens is 3. The summed E-state index contributed by atoms with van der Waals surface area (Å²) in [6, 6.07) is 3.02. The molecule has 2 heterocycles. The van der Waals surface area contributed by atoms with Crippen LogP contribution in [0, 0.1) is 0 Å². The first-order valence-electron chi connectivity index (χ1n) is 8.37. The fourth-order valence-corrected chi connectivity index (χ4v) is 4.68. The Labute approximate surface area is 149 Å². The van der Waals surface area contributed by atoms with E-state index < -0.39 is 27.8 Å². The smallest absolute Gasteiger partial charge is 0.416 e. The zero-order valence-corrected chi connectivity index (χ0v) is 15.0. The van der Waals surface area contributed by atoms with Gasteiger partial charge in [0.05, 0.1) is 16.7 Å². The van der Waals surface area contributed by atoms with Gasteiger partial charge in [-0.15, -0.1) is 0 Å². The molecule has 1 aliphatic heterocycles. The summed E-state index contributed by atoms with van der Waals surface area (Å²) in [6.07, 6.45) is -0.225. The number of sulfonamides is 1. The highest BCUT2D eigenvalue weighted by Crippen LogP contribution is 2.36. The van der Waals surface area contributed by atoms with Crippen LogP contribution in [0.4, 0.5) is 13.2 Å². The molecule has 1 atom stereocenters. The summed E-state index contributed by atoms with van der Waals surface area (Å²) in [5.74, 6) is 0.995. The Kier molecular flexibility index (Phi) is 5.12. The number of piperidine rings is 1. The third-order valence-electron chi connectivity index (χ3n) is 4.45. The number of benzene rings is 1. The van der Waals surface area contributed by atoms with E-state index in [1.165, 1.54) is 4.31 Å². The van der Waals surface area contributed by atoms with Crippen molar-refractivity contribution in [2.45, 2.75) is 49.7 Å². The second-order valence-electron chi connectivity index (χ2n) is 6.17. The monoisotopic (exact) mass is 388 g/mol. The van der Waals surface area contributed by atoms with E-state index >= 15 is 0 Å². The number of hydrogen-bond acceptors (Lipinski definition) is 4. The topological polar surface area (TPSA) is 63.4 Å². The molecule has 2 aromatic rings. The van der Waals surface area contributed by atoms with Crippen molar-refractivity contribution in [3.63, 3.8) is 0 Å². The molecule has 0 saturated carbocycles. The van der Waals surface area contributed by atoms with Crippen molar-refractivity contribution >= 4 is 10.0 Å². The first-order chi connectivity index (χ1) is 12.2. The Bertz CT molecular complexity index is 860. The number of oxazole rings is 1. The molecule has 3 rings (SSSR count). The maximum atomic E-state index is 13.0. The van der Waals surface area contributed by atoms with Gasteiger partial charge in [0.25, 0.3) is 0 Å². The van der Waals surface area contributed by atoms with Crippen LogP contribution in [0.5, 0.6) is 0 Å². The molecule has 142 valence electrons. The van der Waals surface area contributed by atoms with Crippen LogP contribution in [0.15, 0.2) is 39.8 Å². The van der Waals surface area contributed by atoms with Gasteiger partial charge in [0, 0.05) is 13.0 Å². The van der Waals surface area contributed by atoms with E-state index in [4.69, 9.17) is 4.42 Å². The van der Waals surface area contributed by atoms with Crippen molar-refractivity contribution < 1.29 is 26.0 Å². The lowest BCUT2D eigenvalue weighted by Gasteiger charge is -2.32. The molecule has 5 nitrogen and oxygen atoms in total. The molecule has 0 aliphatic carbocycles. The molecule has 9 heteroatoms. The predicted molar refractivity (Wildman–Crippen MR) is 87.8 cm³/mol. The third-order valence-corrected chi connectivity index (χ3v) is 6.37. The zero-order chi connectivity index (χ0) is 18.9. The summed E-state index contributed by atoms with van der Waals surface area (Å²) in [4.78, 5) is 4.03. The summed E-state index contributed by atoms with van der Waals surface area (Å²) in [6.45, 7) is 2.18. The lowest BCUT2D eigenvalue weighted by molar-refractivity contribution is -0.137. The first kappa shape index (κ1) is 18.9. The molecular weight excluding hydrogens is 369 g/mol. The van der Waals surface area contributed by atoms with Gasteiger partial charge in [0.2, 0.25) is 15.9 Å². The summed E-state index contributed by atoms with van der Waals surface area (Å²) in [5.41, 5.74) is -0.882. The molecular formula is C17H19F3N2O3S. The Hall–Kier alpha value is -1.87. The van der Waals surface area contributed by atoms with Gasteiger partial charge in [-0.1, -0.05) is 13.3 Å². The second-order valence-corrected chi connectivity index (χ2v) is 8.06. The largest absolute Gasteiger partial charge is 0.444 e. The Morgan fingerprint density at radius 3 is 2.50 bits per heavy atom. The highest BCUT2D eigenvalue weighted by molar-refractivity contribution is 7.89. The van der Waals surface area contributed by atoms with E-state index in [-0.39, 0.29) is 11.4 Å². The molecule has 1 aliphatic rings. The molecule has 0 amide bonds. The number of rotatable bonds is 4. The molecule has 0 bridgehead atoms. The van der Waals surface area contributed by atoms with E-state index in [1.807, 2.05) is 6.92 Å². The SMILES string of the molecule is CCc1cnc(C2CCCCN2S(=O)(=O)c2ccc(C(F)(F)F)cc2)o1. The summed E-state index contributed by atoms with van der Waals surface area (Å²) in [7, 11) is -3.95. The maximum Gasteiger partial charge on any atom is 0.416 e. The van der Waals surface area contributed by atoms with Gasteiger partial charge < -0.3 is 4.42 Å². The van der Waals surface area contributed by atoms with Crippen molar-refractivity contribution in [1.82, 2.24) is 9.29 Å².